The highest BCUT2D eigenvalue weighted by Gasteiger charge is 2.19. The van der Waals surface area contributed by atoms with E-state index >= 15 is 0 Å². The van der Waals surface area contributed by atoms with Crippen LogP contribution in [0.3, 0.4) is 0 Å². The van der Waals surface area contributed by atoms with E-state index in [1.807, 2.05) is 18.3 Å². The zero-order valence-electron chi connectivity index (χ0n) is 20.2. The number of anilines is 1. The van der Waals surface area contributed by atoms with Crippen LogP contribution in [0.5, 0.6) is 11.5 Å². The first-order valence-corrected chi connectivity index (χ1v) is 12.5. The van der Waals surface area contributed by atoms with E-state index < -0.39 is 0 Å². The molecule has 2 aliphatic heterocycles. The van der Waals surface area contributed by atoms with Crippen molar-refractivity contribution in [2.45, 2.75) is 25.7 Å². The average molecular weight is 470 g/mol. The fourth-order valence-electron chi connectivity index (χ4n) is 5.05. The monoisotopic (exact) mass is 469 g/mol. The number of methoxy groups -OCH3 is 1. The summed E-state index contributed by atoms with van der Waals surface area (Å²) in [5.41, 5.74) is 4.13. The Morgan fingerprint density at radius 3 is 2.23 bits per heavy atom. The number of aromatic nitrogens is 3. The number of ether oxygens (including phenoxy) is 2. The maximum absolute atomic E-state index is 6.05. The first-order chi connectivity index (χ1) is 17.3. The van der Waals surface area contributed by atoms with E-state index in [0.29, 0.717) is 6.73 Å². The van der Waals surface area contributed by atoms with Crippen LogP contribution in [0, 0.1) is 0 Å². The molecule has 2 aromatic carbocycles. The maximum Gasteiger partial charge on any atom is 0.227 e. The van der Waals surface area contributed by atoms with Crippen molar-refractivity contribution in [2.75, 3.05) is 44.9 Å². The van der Waals surface area contributed by atoms with E-state index in [2.05, 4.69) is 56.8 Å². The number of nitrogens with zero attached hydrogens (tertiary/aromatic N) is 5. The lowest BCUT2D eigenvalue weighted by atomic mass is 10.1. The standard InChI is InChI=1S/C28H31N5O2/c1-34-24-10-6-21(7-11-24)26-18-22-19-29-28(32-16-4-5-17-32)30-27(22)33(26)23-8-12-25(13-9-23)35-20-31-14-2-3-15-31/h6-13,18-19H,2-5,14-17,20H2,1H3. The Kier molecular flexibility index (Phi) is 6.00. The van der Waals surface area contributed by atoms with Crippen molar-refractivity contribution >= 4 is 17.0 Å². The Morgan fingerprint density at radius 2 is 1.51 bits per heavy atom. The molecule has 2 aliphatic rings. The van der Waals surface area contributed by atoms with E-state index in [-0.39, 0.29) is 0 Å². The lowest BCUT2D eigenvalue weighted by molar-refractivity contribution is 0.152. The average Bonchev–Trinajstić information content (AvgIpc) is 3.69. The van der Waals surface area contributed by atoms with Gasteiger partial charge in [-0.3, -0.25) is 9.47 Å². The van der Waals surface area contributed by atoms with Crippen molar-refractivity contribution in [2.24, 2.45) is 0 Å². The van der Waals surface area contributed by atoms with E-state index in [0.717, 1.165) is 71.6 Å². The third-order valence-electron chi connectivity index (χ3n) is 7.01. The lowest BCUT2D eigenvalue weighted by Crippen LogP contribution is -2.24. The molecule has 6 rings (SSSR count). The topological polar surface area (TPSA) is 55.6 Å². The second-order valence-electron chi connectivity index (χ2n) is 9.33. The molecule has 0 aliphatic carbocycles. The summed E-state index contributed by atoms with van der Waals surface area (Å²) in [5, 5.41) is 1.02. The maximum atomic E-state index is 6.05. The normalized spacial score (nSPS) is 16.3. The third-order valence-corrected chi connectivity index (χ3v) is 7.01. The fourth-order valence-corrected chi connectivity index (χ4v) is 5.05. The van der Waals surface area contributed by atoms with Gasteiger partial charge in [0.05, 0.1) is 12.8 Å². The van der Waals surface area contributed by atoms with Crippen LogP contribution in [0.1, 0.15) is 25.7 Å². The second kappa shape index (κ2) is 9.58. The van der Waals surface area contributed by atoms with Gasteiger partial charge < -0.3 is 14.4 Å². The Labute approximate surface area is 205 Å². The number of hydrogen-bond donors (Lipinski definition) is 0. The van der Waals surface area contributed by atoms with Crippen LogP contribution in [0.4, 0.5) is 5.95 Å². The minimum absolute atomic E-state index is 0.648. The van der Waals surface area contributed by atoms with Crippen LogP contribution in [0.15, 0.2) is 60.8 Å². The molecule has 0 bridgehead atoms. The highest BCUT2D eigenvalue weighted by atomic mass is 16.5. The van der Waals surface area contributed by atoms with E-state index in [1.165, 1.54) is 25.7 Å². The predicted molar refractivity (Wildman–Crippen MR) is 139 cm³/mol. The Bertz CT molecular complexity index is 1290. The van der Waals surface area contributed by atoms with Crippen molar-refractivity contribution in [3.8, 4) is 28.4 Å². The molecular formula is C28H31N5O2. The molecule has 35 heavy (non-hydrogen) atoms. The summed E-state index contributed by atoms with van der Waals surface area (Å²) < 4.78 is 13.6. The van der Waals surface area contributed by atoms with E-state index in [4.69, 9.17) is 19.4 Å². The predicted octanol–water partition coefficient (Wildman–Crippen LogP) is 5.13. The van der Waals surface area contributed by atoms with Gasteiger partial charge in [-0.05, 0) is 85.8 Å². The van der Waals surface area contributed by atoms with E-state index in [1.54, 1.807) is 7.11 Å². The van der Waals surface area contributed by atoms with Crippen LogP contribution in [-0.2, 0) is 0 Å². The first kappa shape index (κ1) is 21.9. The van der Waals surface area contributed by atoms with Crippen LogP contribution in [0.25, 0.3) is 28.0 Å². The molecule has 2 saturated heterocycles. The number of likely N-dealkylation sites (tertiary alicyclic amines) is 1. The zero-order valence-corrected chi connectivity index (χ0v) is 20.2. The number of rotatable bonds is 7. The van der Waals surface area contributed by atoms with Gasteiger partial charge in [-0.2, -0.15) is 4.98 Å². The second-order valence-corrected chi connectivity index (χ2v) is 9.33. The largest absolute Gasteiger partial charge is 0.497 e. The molecule has 7 nitrogen and oxygen atoms in total. The number of fused-ring (bicyclic) bond motifs is 1. The fraction of sp³-hybridized carbons (Fsp3) is 0.357. The summed E-state index contributed by atoms with van der Waals surface area (Å²) >= 11 is 0. The van der Waals surface area contributed by atoms with E-state index in [9.17, 15) is 0 Å². The third kappa shape index (κ3) is 4.44. The molecular weight excluding hydrogens is 438 g/mol. The highest BCUT2D eigenvalue weighted by Crippen LogP contribution is 2.33. The molecule has 4 heterocycles. The van der Waals surface area contributed by atoms with Crippen LogP contribution < -0.4 is 14.4 Å². The minimum atomic E-state index is 0.648. The van der Waals surface area contributed by atoms with Crippen molar-refractivity contribution < 1.29 is 9.47 Å². The minimum Gasteiger partial charge on any atom is -0.497 e. The number of benzene rings is 2. The molecule has 0 spiro atoms. The summed E-state index contributed by atoms with van der Waals surface area (Å²) in [4.78, 5) is 14.4. The summed E-state index contributed by atoms with van der Waals surface area (Å²) in [6.45, 7) is 4.92. The Morgan fingerprint density at radius 1 is 0.829 bits per heavy atom. The molecule has 0 saturated carbocycles. The van der Waals surface area contributed by atoms with Crippen LogP contribution in [-0.4, -0.2) is 59.5 Å². The van der Waals surface area contributed by atoms with Gasteiger partial charge in [0.2, 0.25) is 5.95 Å². The van der Waals surface area contributed by atoms with Gasteiger partial charge in [0.15, 0.2) is 5.65 Å². The molecule has 4 aromatic rings. The molecule has 0 atom stereocenters. The van der Waals surface area contributed by atoms with Crippen molar-refractivity contribution in [3.05, 3.63) is 60.8 Å². The molecule has 180 valence electrons. The van der Waals surface area contributed by atoms with Gasteiger partial charge in [-0.1, -0.05) is 0 Å². The molecule has 7 heteroatoms. The smallest absolute Gasteiger partial charge is 0.227 e. The quantitative estimate of drug-likeness (QED) is 0.374. The summed E-state index contributed by atoms with van der Waals surface area (Å²) in [6.07, 6.45) is 6.86. The zero-order chi connectivity index (χ0) is 23.6. The lowest BCUT2D eigenvalue weighted by Gasteiger charge is -2.17. The van der Waals surface area contributed by atoms with Gasteiger partial charge in [0, 0.05) is 43.4 Å². The van der Waals surface area contributed by atoms with Crippen LogP contribution >= 0.6 is 0 Å². The SMILES string of the molecule is COc1ccc(-c2cc3cnc(N4CCCC4)nc3n2-c2ccc(OCN3CCCC3)cc2)cc1. The van der Waals surface area contributed by atoms with Gasteiger partial charge >= 0.3 is 0 Å². The Balaban J connectivity index is 1.39. The Hall–Kier alpha value is -3.58. The van der Waals surface area contributed by atoms with Crippen molar-refractivity contribution in [1.82, 2.24) is 19.4 Å². The highest BCUT2D eigenvalue weighted by molar-refractivity contribution is 5.86. The van der Waals surface area contributed by atoms with Gasteiger partial charge in [-0.25, -0.2) is 4.98 Å². The van der Waals surface area contributed by atoms with Gasteiger partial charge in [0.1, 0.15) is 18.2 Å². The van der Waals surface area contributed by atoms with Gasteiger partial charge in [0.25, 0.3) is 0 Å². The van der Waals surface area contributed by atoms with Gasteiger partial charge in [-0.15, -0.1) is 0 Å². The van der Waals surface area contributed by atoms with Crippen molar-refractivity contribution in [3.63, 3.8) is 0 Å². The molecule has 2 aromatic heterocycles. The summed E-state index contributed by atoms with van der Waals surface area (Å²) in [7, 11) is 1.69. The molecule has 2 fully saturated rings. The van der Waals surface area contributed by atoms with Crippen LogP contribution in [0.2, 0.25) is 0 Å². The summed E-state index contributed by atoms with van der Waals surface area (Å²) in [6, 6.07) is 18.7. The molecule has 0 amide bonds. The van der Waals surface area contributed by atoms with Crippen molar-refractivity contribution in [1.29, 1.82) is 0 Å². The number of hydrogen-bond acceptors (Lipinski definition) is 6. The molecule has 0 radical (unpaired) electrons. The summed E-state index contributed by atoms with van der Waals surface area (Å²) in [5.74, 6) is 2.53. The molecule has 0 unspecified atom stereocenters. The molecule has 0 N–H and O–H groups in total. The first-order valence-electron chi connectivity index (χ1n) is 12.5.